The van der Waals surface area contributed by atoms with Gasteiger partial charge in [0, 0.05) is 17.8 Å². The Bertz CT molecular complexity index is 700. The Morgan fingerprint density at radius 3 is 2.52 bits per heavy atom. The standard InChI is InChI=1S/C14H12N2O5/c1-20-11-6-8(13(15)17)2-3-10(11)21-12-7-9(14(18)19)4-5-16-12/h2-7H,1H3,(H2,15,17)(H,18,19). The lowest BCUT2D eigenvalue weighted by Gasteiger charge is -2.10. The van der Waals surface area contributed by atoms with Crippen LogP contribution in [0.1, 0.15) is 20.7 Å². The van der Waals surface area contributed by atoms with Crippen LogP contribution in [-0.4, -0.2) is 29.1 Å². The van der Waals surface area contributed by atoms with Crippen molar-refractivity contribution in [2.24, 2.45) is 5.73 Å². The van der Waals surface area contributed by atoms with Crippen molar-refractivity contribution in [1.29, 1.82) is 0 Å². The van der Waals surface area contributed by atoms with Gasteiger partial charge in [0.05, 0.1) is 12.7 Å². The van der Waals surface area contributed by atoms with Crippen LogP contribution in [0.4, 0.5) is 0 Å². The van der Waals surface area contributed by atoms with Crippen LogP contribution >= 0.6 is 0 Å². The van der Waals surface area contributed by atoms with E-state index in [0.717, 1.165) is 0 Å². The Morgan fingerprint density at radius 1 is 1.14 bits per heavy atom. The maximum absolute atomic E-state index is 11.1. The molecule has 0 atom stereocenters. The zero-order valence-electron chi connectivity index (χ0n) is 11.1. The summed E-state index contributed by atoms with van der Waals surface area (Å²) in [7, 11) is 1.41. The number of aromatic nitrogens is 1. The van der Waals surface area contributed by atoms with Gasteiger partial charge in [0.15, 0.2) is 11.5 Å². The summed E-state index contributed by atoms with van der Waals surface area (Å²) in [5.41, 5.74) is 5.50. The molecule has 1 aromatic carbocycles. The fraction of sp³-hybridized carbons (Fsp3) is 0.0714. The molecule has 0 unspecified atom stereocenters. The number of hydrogen-bond donors (Lipinski definition) is 2. The van der Waals surface area contributed by atoms with E-state index in [1.165, 1.54) is 43.6 Å². The number of rotatable bonds is 5. The summed E-state index contributed by atoms with van der Waals surface area (Å²) in [6.07, 6.45) is 1.32. The first kappa shape index (κ1) is 14.3. The van der Waals surface area contributed by atoms with Crippen molar-refractivity contribution in [1.82, 2.24) is 4.98 Å². The second-order valence-electron chi connectivity index (χ2n) is 4.02. The van der Waals surface area contributed by atoms with Crippen LogP contribution in [0.2, 0.25) is 0 Å². The van der Waals surface area contributed by atoms with Crippen molar-refractivity contribution in [3.8, 4) is 17.4 Å². The minimum absolute atomic E-state index is 0.0488. The van der Waals surface area contributed by atoms with Gasteiger partial charge in [0.25, 0.3) is 0 Å². The van der Waals surface area contributed by atoms with E-state index in [1.54, 1.807) is 0 Å². The highest BCUT2D eigenvalue weighted by atomic mass is 16.5. The fourth-order valence-electron chi connectivity index (χ4n) is 1.62. The van der Waals surface area contributed by atoms with Gasteiger partial charge in [-0.2, -0.15) is 0 Å². The van der Waals surface area contributed by atoms with E-state index in [9.17, 15) is 9.59 Å². The molecule has 3 N–H and O–H groups in total. The molecule has 0 saturated heterocycles. The van der Waals surface area contributed by atoms with Gasteiger partial charge < -0.3 is 20.3 Å². The molecule has 2 rings (SSSR count). The van der Waals surface area contributed by atoms with E-state index in [2.05, 4.69) is 4.98 Å². The first-order chi connectivity index (χ1) is 10.0. The highest BCUT2D eigenvalue weighted by molar-refractivity contribution is 5.93. The number of carboxylic acid groups (broad SMARTS) is 1. The number of methoxy groups -OCH3 is 1. The van der Waals surface area contributed by atoms with Gasteiger partial charge >= 0.3 is 5.97 Å². The average Bonchev–Trinajstić information content (AvgIpc) is 2.47. The van der Waals surface area contributed by atoms with Gasteiger partial charge in [-0.1, -0.05) is 0 Å². The molecule has 7 heteroatoms. The average molecular weight is 288 g/mol. The third-order valence-corrected chi connectivity index (χ3v) is 2.64. The Kier molecular flexibility index (Phi) is 4.03. The zero-order valence-corrected chi connectivity index (χ0v) is 11.1. The van der Waals surface area contributed by atoms with Crippen molar-refractivity contribution in [2.75, 3.05) is 7.11 Å². The van der Waals surface area contributed by atoms with E-state index >= 15 is 0 Å². The fourth-order valence-corrected chi connectivity index (χ4v) is 1.62. The molecule has 0 aliphatic rings. The maximum atomic E-state index is 11.1. The second kappa shape index (κ2) is 5.91. The number of aromatic carboxylic acids is 1. The van der Waals surface area contributed by atoms with Crippen molar-refractivity contribution >= 4 is 11.9 Å². The Morgan fingerprint density at radius 2 is 1.90 bits per heavy atom. The smallest absolute Gasteiger partial charge is 0.335 e. The Hall–Kier alpha value is -3.09. The summed E-state index contributed by atoms with van der Waals surface area (Å²) in [6, 6.07) is 7.03. The molecule has 0 fully saturated rings. The number of nitrogens with zero attached hydrogens (tertiary/aromatic N) is 1. The molecule has 7 nitrogen and oxygen atoms in total. The zero-order chi connectivity index (χ0) is 15.4. The van der Waals surface area contributed by atoms with Crippen molar-refractivity contribution < 1.29 is 24.2 Å². The van der Waals surface area contributed by atoms with E-state index in [0.29, 0.717) is 0 Å². The third-order valence-electron chi connectivity index (χ3n) is 2.64. The van der Waals surface area contributed by atoms with Gasteiger partial charge in [-0.3, -0.25) is 4.79 Å². The van der Waals surface area contributed by atoms with Gasteiger partial charge in [-0.25, -0.2) is 9.78 Å². The van der Waals surface area contributed by atoms with Crippen LogP contribution in [0, 0.1) is 0 Å². The number of hydrogen-bond acceptors (Lipinski definition) is 5. The molecule has 1 amide bonds. The van der Waals surface area contributed by atoms with Gasteiger partial charge in [-0.05, 0) is 24.3 Å². The SMILES string of the molecule is COc1cc(C(N)=O)ccc1Oc1cc(C(=O)O)ccn1. The molecular formula is C14H12N2O5. The monoisotopic (exact) mass is 288 g/mol. The summed E-state index contributed by atoms with van der Waals surface area (Å²) in [5, 5.41) is 8.91. The normalized spacial score (nSPS) is 9.95. The number of ether oxygens (including phenoxy) is 2. The molecule has 0 bridgehead atoms. The number of carbonyl (C=O) groups is 2. The Balaban J connectivity index is 2.33. The molecule has 1 heterocycles. The van der Waals surface area contributed by atoms with Gasteiger partial charge in [-0.15, -0.1) is 0 Å². The lowest BCUT2D eigenvalue weighted by atomic mass is 10.2. The highest BCUT2D eigenvalue weighted by Crippen LogP contribution is 2.31. The summed E-state index contributed by atoms with van der Waals surface area (Å²) in [4.78, 5) is 25.9. The third kappa shape index (κ3) is 3.27. The van der Waals surface area contributed by atoms with E-state index in [-0.39, 0.29) is 28.5 Å². The number of primary amides is 1. The molecule has 0 saturated carbocycles. The lowest BCUT2D eigenvalue weighted by molar-refractivity contribution is 0.0696. The van der Waals surface area contributed by atoms with Crippen molar-refractivity contribution in [2.45, 2.75) is 0 Å². The minimum atomic E-state index is -1.08. The van der Waals surface area contributed by atoms with Crippen LogP contribution < -0.4 is 15.2 Å². The second-order valence-corrected chi connectivity index (χ2v) is 4.02. The molecule has 21 heavy (non-hydrogen) atoms. The molecule has 0 radical (unpaired) electrons. The maximum Gasteiger partial charge on any atom is 0.335 e. The van der Waals surface area contributed by atoms with Crippen molar-refractivity contribution in [3.05, 3.63) is 47.7 Å². The summed E-state index contributed by atoms with van der Waals surface area (Å²) in [6.45, 7) is 0. The number of benzene rings is 1. The van der Waals surface area contributed by atoms with Crippen LogP contribution in [-0.2, 0) is 0 Å². The number of carboxylic acids is 1. The van der Waals surface area contributed by atoms with E-state index < -0.39 is 11.9 Å². The minimum Gasteiger partial charge on any atom is -0.493 e. The predicted molar refractivity (Wildman–Crippen MR) is 72.8 cm³/mol. The first-order valence-electron chi connectivity index (χ1n) is 5.86. The van der Waals surface area contributed by atoms with E-state index in [1.807, 2.05) is 0 Å². The van der Waals surface area contributed by atoms with Gasteiger partial charge in [0.2, 0.25) is 11.8 Å². The topological polar surface area (TPSA) is 112 Å². The predicted octanol–water partition coefficient (Wildman–Crippen LogP) is 1.68. The Labute approximate surface area is 119 Å². The largest absolute Gasteiger partial charge is 0.493 e. The molecular weight excluding hydrogens is 276 g/mol. The van der Waals surface area contributed by atoms with E-state index in [4.69, 9.17) is 20.3 Å². The lowest BCUT2D eigenvalue weighted by Crippen LogP contribution is -2.10. The summed E-state index contributed by atoms with van der Waals surface area (Å²) < 4.78 is 10.6. The molecule has 0 aliphatic heterocycles. The number of carbonyl (C=O) groups excluding carboxylic acids is 1. The van der Waals surface area contributed by atoms with Crippen molar-refractivity contribution in [3.63, 3.8) is 0 Å². The van der Waals surface area contributed by atoms with Crippen LogP contribution in [0.3, 0.4) is 0 Å². The number of pyridine rings is 1. The number of amides is 1. The summed E-state index contributed by atoms with van der Waals surface area (Å²) in [5.74, 6) is -1.00. The molecule has 1 aromatic heterocycles. The molecule has 2 aromatic rings. The highest BCUT2D eigenvalue weighted by Gasteiger charge is 2.11. The summed E-state index contributed by atoms with van der Waals surface area (Å²) >= 11 is 0. The molecule has 0 aliphatic carbocycles. The number of nitrogens with two attached hydrogens (primary N) is 1. The van der Waals surface area contributed by atoms with Crippen LogP contribution in [0.5, 0.6) is 17.4 Å². The molecule has 0 spiro atoms. The van der Waals surface area contributed by atoms with Crippen LogP contribution in [0.25, 0.3) is 0 Å². The molecule has 108 valence electrons. The van der Waals surface area contributed by atoms with Crippen LogP contribution in [0.15, 0.2) is 36.5 Å². The quantitative estimate of drug-likeness (QED) is 0.865. The van der Waals surface area contributed by atoms with Gasteiger partial charge in [0.1, 0.15) is 0 Å². The first-order valence-corrected chi connectivity index (χ1v) is 5.86.